The first-order valence-electron chi connectivity index (χ1n) is 6.96. The molecule has 3 heteroatoms. The highest BCUT2D eigenvalue weighted by molar-refractivity contribution is 7.09. The quantitative estimate of drug-likeness (QED) is 0.886. The maximum absolute atomic E-state index is 4.70. The Hall–Kier alpha value is -1.19. The highest BCUT2D eigenvalue weighted by Gasteiger charge is 2.30. The van der Waals surface area contributed by atoms with Gasteiger partial charge in [0.15, 0.2) is 0 Å². The van der Waals surface area contributed by atoms with Crippen LogP contribution in [-0.4, -0.2) is 11.5 Å². The summed E-state index contributed by atoms with van der Waals surface area (Å²) in [5.41, 5.74) is 2.84. The molecule has 1 saturated carbocycles. The van der Waals surface area contributed by atoms with Crippen molar-refractivity contribution >= 4 is 11.3 Å². The van der Waals surface area contributed by atoms with Crippen molar-refractivity contribution in [3.8, 4) is 11.3 Å². The van der Waals surface area contributed by atoms with E-state index in [1.807, 2.05) is 6.07 Å². The molecule has 1 aliphatic carbocycles. The van der Waals surface area contributed by atoms with E-state index in [2.05, 4.69) is 41.9 Å². The van der Waals surface area contributed by atoms with Gasteiger partial charge in [-0.25, -0.2) is 4.98 Å². The molecule has 100 valence electrons. The van der Waals surface area contributed by atoms with E-state index in [-0.39, 0.29) is 0 Å². The second-order valence-corrected chi connectivity index (χ2v) is 6.70. The molecule has 0 radical (unpaired) electrons. The van der Waals surface area contributed by atoms with Crippen molar-refractivity contribution < 1.29 is 0 Å². The molecule has 2 aromatic rings. The van der Waals surface area contributed by atoms with Gasteiger partial charge in [-0.05, 0) is 18.3 Å². The molecule has 2 nitrogen and oxygen atoms in total. The Balaban J connectivity index is 1.56. The largest absolute Gasteiger partial charge is 0.310 e. The van der Waals surface area contributed by atoms with Crippen molar-refractivity contribution in [3.63, 3.8) is 0 Å². The summed E-state index contributed by atoms with van der Waals surface area (Å²) in [6.45, 7) is 4.39. The Kier molecular flexibility index (Phi) is 3.67. The van der Waals surface area contributed by atoms with Gasteiger partial charge in [-0.3, -0.25) is 0 Å². The summed E-state index contributed by atoms with van der Waals surface area (Å²) in [4.78, 5) is 4.70. The molecule has 0 bridgehead atoms. The third kappa shape index (κ3) is 3.04. The fourth-order valence-electron chi connectivity index (χ4n) is 2.56. The van der Waals surface area contributed by atoms with Crippen LogP contribution in [0, 0.1) is 5.41 Å². The molecule has 3 rings (SSSR count). The van der Waals surface area contributed by atoms with E-state index in [9.17, 15) is 0 Å². The third-order valence-electron chi connectivity index (χ3n) is 4.01. The van der Waals surface area contributed by atoms with Crippen LogP contribution in [0.4, 0.5) is 0 Å². The SMILES string of the molecule is CC1(CNCc2nc(-c3ccccc3)cs2)CCC1. The fraction of sp³-hybridized carbons (Fsp3) is 0.438. The summed E-state index contributed by atoms with van der Waals surface area (Å²) < 4.78 is 0. The summed E-state index contributed by atoms with van der Waals surface area (Å²) >= 11 is 1.75. The van der Waals surface area contributed by atoms with E-state index in [4.69, 9.17) is 4.98 Å². The van der Waals surface area contributed by atoms with Gasteiger partial charge in [-0.2, -0.15) is 0 Å². The van der Waals surface area contributed by atoms with Crippen LogP contribution >= 0.6 is 11.3 Å². The summed E-state index contributed by atoms with van der Waals surface area (Å²) in [6, 6.07) is 10.4. The van der Waals surface area contributed by atoms with Crippen molar-refractivity contribution in [1.82, 2.24) is 10.3 Å². The third-order valence-corrected chi connectivity index (χ3v) is 4.86. The molecular formula is C16H20N2S. The van der Waals surface area contributed by atoms with Crippen LogP contribution in [0.15, 0.2) is 35.7 Å². The maximum atomic E-state index is 4.70. The number of nitrogens with one attached hydrogen (secondary N) is 1. The molecule has 1 N–H and O–H groups in total. The lowest BCUT2D eigenvalue weighted by atomic mass is 9.70. The van der Waals surface area contributed by atoms with Crippen LogP contribution < -0.4 is 5.32 Å². The fourth-order valence-corrected chi connectivity index (χ4v) is 3.33. The molecule has 0 atom stereocenters. The van der Waals surface area contributed by atoms with Crippen LogP contribution in [0.5, 0.6) is 0 Å². The predicted molar refractivity (Wildman–Crippen MR) is 81.2 cm³/mol. The second kappa shape index (κ2) is 5.43. The molecule has 19 heavy (non-hydrogen) atoms. The van der Waals surface area contributed by atoms with E-state index >= 15 is 0 Å². The van der Waals surface area contributed by atoms with E-state index in [0.29, 0.717) is 5.41 Å². The van der Waals surface area contributed by atoms with Crippen LogP contribution in [0.1, 0.15) is 31.2 Å². The Morgan fingerprint density at radius 3 is 2.74 bits per heavy atom. The van der Waals surface area contributed by atoms with Crippen molar-refractivity contribution in [3.05, 3.63) is 40.7 Å². The molecule has 0 amide bonds. The topological polar surface area (TPSA) is 24.9 Å². The van der Waals surface area contributed by atoms with Gasteiger partial charge in [0.25, 0.3) is 0 Å². The Labute approximate surface area is 118 Å². The Morgan fingerprint density at radius 1 is 1.26 bits per heavy atom. The van der Waals surface area contributed by atoms with Gasteiger partial charge < -0.3 is 5.32 Å². The summed E-state index contributed by atoms with van der Waals surface area (Å²) in [7, 11) is 0. The molecule has 1 aliphatic rings. The second-order valence-electron chi connectivity index (χ2n) is 5.76. The standard InChI is InChI=1S/C16H20N2S/c1-16(8-5-9-16)12-17-10-15-18-14(11-19-15)13-6-3-2-4-7-13/h2-4,6-7,11,17H,5,8-10,12H2,1H3. The molecule has 0 spiro atoms. The molecule has 0 aliphatic heterocycles. The van der Waals surface area contributed by atoms with E-state index in [1.165, 1.54) is 29.8 Å². The molecule has 0 saturated heterocycles. The lowest BCUT2D eigenvalue weighted by Crippen LogP contribution is -2.36. The number of hydrogen-bond donors (Lipinski definition) is 1. The van der Waals surface area contributed by atoms with Crippen LogP contribution in [0.2, 0.25) is 0 Å². The molecular weight excluding hydrogens is 252 g/mol. The summed E-state index contributed by atoms with van der Waals surface area (Å²) in [6.07, 6.45) is 4.13. The average Bonchev–Trinajstić information content (AvgIpc) is 2.87. The monoisotopic (exact) mass is 272 g/mol. The Morgan fingerprint density at radius 2 is 2.05 bits per heavy atom. The van der Waals surface area contributed by atoms with Gasteiger partial charge in [-0.1, -0.05) is 43.7 Å². The number of thiazole rings is 1. The van der Waals surface area contributed by atoms with Crippen molar-refractivity contribution in [1.29, 1.82) is 0 Å². The normalized spacial score (nSPS) is 17.1. The molecule has 1 aromatic carbocycles. The molecule has 1 aromatic heterocycles. The van der Waals surface area contributed by atoms with Gasteiger partial charge in [0.2, 0.25) is 0 Å². The van der Waals surface area contributed by atoms with Crippen molar-refractivity contribution in [2.45, 2.75) is 32.7 Å². The highest BCUT2D eigenvalue weighted by Crippen LogP contribution is 2.39. The molecule has 1 fully saturated rings. The van der Waals surface area contributed by atoms with Gasteiger partial charge in [-0.15, -0.1) is 11.3 Å². The number of nitrogens with zero attached hydrogens (tertiary/aromatic N) is 1. The first-order valence-corrected chi connectivity index (χ1v) is 7.84. The smallest absolute Gasteiger partial charge is 0.107 e. The van der Waals surface area contributed by atoms with E-state index < -0.39 is 0 Å². The predicted octanol–water partition coefficient (Wildman–Crippen LogP) is 4.09. The minimum absolute atomic E-state index is 0.541. The number of benzene rings is 1. The lowest BCUT2D eigenvalue weighted by molar-refractivity contribution is 0.156. The zero-order chi connectivity index (χ0) is 13.1. The first kappa shape index (κ1) is 12.8. The van der Waals surface area contributed by atoms with E-state index in [0.717, 1.165) is 18.8 Å². The van der Waals surface area contributed by atoms with Gasteiger partial charge in [0.05, 0.1) is 5.69 Å². The zero-order valence-corrected chi connectivity index (χ0v) is 12.2. The average molecular weight is 272 g/mol. The summed E-state index contributed by atoms with van der Waals surface area (Å²) in [5, 5.41) is 6.89. The maximum Gasteiger partial charge on any atom is 0.107 e. The lowest BCUT2D eigenvalue weighted by Gasteiger charge is -2.38. The van der Waals surface area contributed by atoms with Crippen molar-refractivity contribution in [2.24, 2.45) is 5.41 Å². The zero-order valence-electron chi connectivity index (χ0n) is 11.4. The molecule has 1 heterocycles. The number of hydrogen-bond acceptors (Lipinski definition) is 3. The first-order chi connectivity index (χ1) is 9.25. The number of rotatable bonds is 5. The van der Waals surface area contributed by atoms with Gasteiger partial charge in [0, 0.05) is 24.0 Å². The Bertz CT molecular complexity index is 529. The van der Waals surface area contributed by atoms with Crippen LogP contribution in [0.25, 0.3) is 11.3 Å². The van der Waals surface area contributed by atoms with Crippen LogP contribution in [-0.2, 0) is 6.54 Å². The minimum atomic E-state index is 0.541. The van der Waals surface area contributed by atoms with Gasteiger partial charge >= 0.3 is 0 Å². The number of aromatic nitrogens is 1. The molecule has 0 unspecified atom stereocenters. The highest BCUT2D eigenvalue weighted by atomic mass is 32.1. The van der Waals surface area contributed by atoms with Gasteiger partial charge in [0.1, 0.15) is 5.01 Å². The van der Waals surface area contributed by atoms with Crippen LogP contribution in [0.3, 0.4) is 0 Å². The summed E-state index contributed by atoms with van der Waals surface area (Å²) in [5.74, 6) is 0. The van der Waals surface area contributed by atoms with E-state index in [1.54, 1.807) is 11.3 Å². The minimum Gasteiger partial charge on any atom is -0.310 e. The van der Waals surface area contributed by atoms with Crippen molar-refractivity contribution in [2.75, 3.05) is 6.54 Å².